The van der Waals surface area contributed by atoms with E-state index in [0.29, 0.717) is 87.2 Å². The summed E-state index contributed by atoms with van der Waals surface area (Å²) in [4.78, 5) is 74.2. The van der Waals surface area contributed by atoms with Crippen molar-refractivity contribution in [3.05, 3.63) is 173 Å². The van der Waals surface area contributed by atoms with Crippen molar-refractivity contribution in [2.45, 2.75) is 170 Å². The van der Waals surface area contributed by atoms with Crippen LogP contribution in [0.5, 0.6) is 0 Å². The van der Waals surface area contributed by atoms with Crippen LogP contribution < -0.4 is 56.3 Å². The van der Waals surface area contributed by atoms with E-state index in [2.05, 4.69) is 111 Å². The predicted octanol–water partition coefficient (Wildman–Crippen LogP) is 11.3. The molecule has 8 aromatic rings. The van der Waals surface area contributed by atoms with Gasteiger partial charge in [0.1, 0.15) is 29.3 Å². The van der Waals surface area contributed by atoms with Crippen LogP contribution in [0.15, 0.2) is 142 Å². The first-order valence-electron chi connectivity index (χ1n) is 37.1. The van der Waals surface area contributed by atoms with E-state index >= 15 is 0 Å². The number of anilines is 1. The third-order valence-electron chi connectivity index (χ3n) is 17.8. The van der Waals surface area contributed by atoms with Crippen LogP contribution in [0.3, 0.4) is 0 Å². The van der Waals surface area contributed by atoms with Gasteiger partial charge in [-0.15, -0.1) is 98.4 Å². The van der Waals surface area contributed by atoms with E-state index in [9.17, 15) is 45.1 Å². The first kappa shape index (κ1) is 119. The molecule has 678 valence electrons. The molecule has 0 spiro atoms. The summed E-state index contributed by atoms with van der Waals surface area (Å²) in [5.74, 6) is -1.06. The van der Waals surface area contributed by atoms with Gasteiger partial charge in [0.2, 0.25) is 5.69 Å². The summed E-state index contributed by atoms with van der Waals surface area (Å²) in [6.45, 7) is 21.3. The molecule has 4 aromatic carbocycles. The Hall–Kier alpha value is -7.76. The molecule has 0 aliphatic carbocycles. The Labute approximate surface area is 801 Å². The van der Waals surface area contributed by atoms with Gasteiger partial charge in [0.15, 0.2) is 28.8 Å². The fourth-order valence-corrected chi connectivity index (χ4v) is 16.1. The van der Waals surface area contributed by atoms with Crippen LogP contribution in [0.4, 0.5) is 22.7 Å². The number of allylic oxidation sites excluding steroid dienone is 2. The largest absolute Gasteiger partial charge is 1.00 e. The van der Waals surface area contributed by atoms with Gasteiger partial charge in [-0.1, -0.05) is 113 Å². The van der Waals surface area contributed by atoms with Crippen LogP contribution in [0, 0.1) is 7.43 Å². The Morgan fingerprint density at radius 2 is 0.872 bits per heavy atom. The molecule has 0 saturated carbocycles. The number of aromatic nitrogens is 2. The van der Waals surface area contributed by atoms with Crippen LogP contribution in [-0.2, 0) is 94.7 Å². The van der Waals surface area contributed by atoms with Crippen LogP contribution in [0.1, 0.15) is 212 Å². The molecule has 0 fully saturated rings. The summed E-state index contributed by atoms with van der Waals surface area (Å²) in [7, 11) is -27.1. The van der Waals surface area contributed by atoms with Crippen molar-refractivity contribution < 1.29 is 177 Å². The van der Waals surface area contributed by atoms with E-state index in [1.807, 2.05) is 141 Å². The number of alkyl halides is 1. The smallest absolute Gasteiger partial charge is 0.748 e. The van der Waals surface area contributed by atoms with Crippen molar-refractivity contribution in [1.82, 2.24) is 9.97 Å². The molecule has 6 heterocycles. The minimum atomic E-state index is -4.30. The number of ketones is 4. The fraction of sp³-hybridized carbons (Fsp3) is 0.392. The van der Waals surface area contributed by atoms with Crippen LogP contribution in [0.25, 0.3) is 42.4 Å². The van der Waals surface area contributed by atoms with Crippen LogP contribution in [-0.4, -0.2) is 187 Å². The van der Waals surface area contributed by atoms with Crippen molar-refractivity contribution in [1.29, 1.82) is 0 Å². The van der Waals surface area contributed by atoms with Crippen molar-refractivity contribution in [2.75, 3.05) is 34.4 Å². The number of Topliss-reactive ketones (excluding diaryl/α,β-unsaturated/α-hetero) is 4. The van der Waals surface area contributed by atoms with E-state index in [1.54, 1.807) is 35.1 Å². The Morgan fingerprint density at radius 3 is 1.22 bits per heavy atom. The summed E-state index contributed by atoms with van der Waals surface area (Å²) in [5, 5.41) is 6.12. The zero-order valence-electron chi connectivity index (χ0n) is 70.6. The van der Waals surface area contributed by atoms with Crippen molar-refractivity contribution in [2.24, 2.45) is 9.98 Å². The molecule has 4 aromatic heterocycles. The maximum Gasteiger partial charge on any atom is 1.00 e. The Bertz CT molecular complexity index is 5800. The van der Waals surface area contributed by atoms with Crippen molar-refractivity contribution in [3.63, 3.8) is 0 Å². The molecule has 0 saturated heterocycles. The zero-order chi connectivity index (χ0) is 93.7. The molecule has 0 radical (unpaired) electrons. The predicted molar refractivity (Wildman–Crippen MR) is 482 cm³/mol. The first-order valence-corrected chi connectivity index (χ1v) is 50.2. The van der Waals surface area contributed by atoms with Crippen LogP contribution >= 0.6 is 45.3 Å². The topological polar surface area (TPSA) is 544 Å². The SMILES string of the molecule is CC=Nc1ccccc1.CCCC(=O)c1cc(-c2cc3c(c4ccsc24)N(CCCS(=O)(=O)O)/C(=C/C=Nc2ccccc2)C3(C)CCC)cc(C(=O)CCC)n1.CCCC(=O)c1cc(-c2cc3c(c4ccsc24)[N+](CCCS(=O)(=O)[O-])=C(C)C3(C)CCC)cc(C(=O)CCC)n1.CI.O=S(=O)=O.O=S(=O)=O.O=S(=O)=O.O=S(=O)=O.O=S(=O)=O.O=S(=O)=O.[CH3-].[K+]. The van der Waals surface area contributed by atoms with E-state index in [-0.39, 0.29) is 106 Å². The number of hydrogen-bond donors (Lipinski definition) is 1. The molecule has 46 heteroatoms. The number of para-hydroxylation sites is 2. The molecule has 2 atom stereocenters. The second-order valence-corrected chi connectivity index (χ2v) is 33.7. The van der Waals surface area contributed by atoms with Crippen LogP contribution in [0.2, 0.25) is 0 Å². The number of nitrogens with zero attached hydrogens (tertiary/aromatic N) is 6. The number of benzene rings is 4. The van der Waals surface area contributed by atoms with Gasteiger partial charge in [0.25, 0.3) is 10.1 Å². The Morgan fingerprint density at radius 1 is 0.520 bits per heavy atom. The van der Waals surface area contributed by atoms with Gasteiger partial charge in [0, 0.05) is 106 Å². The molecule has 2 aliphatic rings. The fourth-order valence-electron chi connectivity index (χ4n) is 13.2. The summed E-state index contributed by atoms with van der Waals surface area (Å²) in [5.41, 5.74) is 12.2. The van der Waals surface area contributed by atoms with Gasteiger partial charge in [-0.2, -0.15) is 13.0 Å². The maximum absolute atomic E-state index is 13.2. The van der Waals surface area contributed by atoms with Gasteiger partial charge in [-0.25, -0.2) is 18.4 Å². The molecular formula is C79H96IKN6O28S10. The Balaban J connectivity index is 0. The second kappa shape index (κ2) is 60.9. The summed E-state index contributed by atoms with van der Waals surface area (Å²) >= 11 is 5.33. The van der Waals surface area contributed by atoms with E-state index in [0.717, 1.165) is 113 Å². The molecule has 0 amide bonds. The monoisotopic (exact) mass is 2060 g/mol. The average Bonchev–Trinajstić information content (AvgIpc) is 1.56. The van der Waals surface area contributed by atoms with E-state index < -0.39 is 95.1 Å². The number of carbonyl (C=O) groups is 4. The number of rotatable bonds is 29. The summed E-state index contributed by atoms with van der Waals surface area (Å²) in [6, 6.07) is 35.4. The number of halogens is 1. The zero-order valence-corrected chi connectivity index (χ0v) is 84.1. The van der Waals surface area contributed by atoms with E-state index in [1.165, 1.54) is 0 Å². The third kappa shape index (κ3) is 41.5. The average molecular weight is 2060 g/mol. The third-order valence-corrected chi connectivity index (χ3v) is 21.3. The van der Waals surface area contributed by atoms with Gasteiger partial charge in [0.05, 0.1) is 43.7 Å². The number of fused-ring (bicyclic) bond motifs is 6. The molecule has 2 aliphatic heterocycles. The van der Waals surface area contributed by atoms with Gasteiger partial charge >= 0.3 is 115 Å². The number of carbonyl (C=O) groups excluding carboxylic acids is 4. The molecular weight excluding hydrogens is 1970 g/mol. The molecule has 2 unspecified atom stereocenters. The number of hydrogen-bond acceptors (Lipinski definition) is 34. The normalized spacial score (nSPS) is 14.0. The van der Waals surface area contributed by atoms with Crippen molar-refractivity contribution in [3.8, 4) is 22.3 Å². The van der Waals surface area contributed by atoms with Gasteiger partial charge in [-0.3, -0.25) is 33.7 Å². The molecule has 34 nitrogen and oxygen atoms in total. The quantitative estimate of drug-likeness (QED) is 0.00665. The number of thiophene rings is 2. The van der Waals surface area contributed by atoms with Crippen molar-refractivity contribution >= 4 is 213 Å². The maximum atomic E-state index is 13.2. The Kier molecular flexibility index (Phi) is 58.1. The summed E-state index contributed by atoms with van der Waals surface area (Å²) < 4.78 is 223. The molecule has 10 rings (SSSR count). The minimum absolute atomic E-state index is 0. The molecule has 1 N–H and O–H groups in total. The van der Waals surface area contributed by atoms with Gasteiger partial charge < -0.3 is 16.9 Å². The first-order chi connectivity index (χ1) is 57.8. The standard InChI is InChI=1S/C38H43N3O5S2.C31H38N2O5S2.C8H9N.CH3I.CH3.K.6O3S/c1-5-12-33(42)31-23-26(24-32(40-31)34(43)13-6-2)29-25-30-36(28-17-21-47-37(28)29)41(20-11-22-48(44,45)46)35(38(30,4)18-7-3)16-19-39-27-14-9-8-10-15-27;1-6-10-27(34)25-17-21(18-26(32-25)28(35)11-7-2)23-19-24-29(22-12-15-39-30(22)23)33(14-9-16-40(36,37)38)20(4)31(24,5)13-8-3;1-2-9-8-6-4-3-5-7-8;1-2;;;6*1-4(2)3/h8-10,14-17,19,21,23-25H,5-7,11-13,18,20,22H2,1-4H3,(H,44,45,46);12,15,17-19H,6-11,13-14,16H2,1-5H3;2-7H,1H3;1H3;1H3;;;;;;;/q;;;;-1;+1;;;;;;/b35-16+,39-19?;;;;;;;;;;;. The molecule has 125 heavy (non-hydrogen) atoms. The minimum Gasteiger partial charge on any atom is -0.748 e. The second-order valence-electron chi connectivity index (χ2n) is 26.3. The number of aliphatic imine (C=N–C) groups is 2. The van der Waals surface area contributed by atoms with Gasteiger partial charge in [-0.05, 0) is 177 Å². The van der Waals surface area contributed by atoms with E-state index in [4.69, 9.17) is 75.8 Å². The summed E-state index contributed by atoms with van der Waals surface area (Å²) in [6.07, 6.45) is 13.8. The number of pyridine rings is 2. The molecule has 0 bridgehead atoms.